The Morgan fingerprint density at radius 3 is 2.40 bits per heavy atom. The molecule has 0 saturated carbocycles. The molecule has 0 radical (unpaired) electrons. The molecular weight excluding hydrogens is 464 g/mol. The Bertz CT molecular complexity index is 1430. The number of benzene rings is 2. The highest BCUT2D eigenvalue weighted by atomic mass is 32.2. The number of ether oxygens (including phenoxy) is 1. The molecule has 3 rings (SSSR count). The fraction of sp³-hybridized carbons (Fsp3) is 0.269. The highest BCUT2D eigenvalue weighted by Crippen LogP contribution is 2.39. The summed E-state index contributed by atoms with van der Waals surface area (Å²) in [5, 5.41) is 0. The van der Waals surface area contributed by atoms with Crippen molar-refractivity contribution >= 4 is 27.4 Å². The van der Waals surface area contributed by atoms with E-state index in [2.05, 4.69) is 14.4 Å². The van der Waals surface area contributed by atoms with Crippen molar-refractivity contribution in [2.24, 2.45) is 7.05 Å². The molecule has 0 saturated heterocycles. The molecule has 3 aromatic rings. The van der Waals surface area contributed by atoms with Crippen LogP contribution in [0.5, 0.6) is 0 Å². The van der Waals surface area contributed by atoms with Crippen LogP contribution in [0.4, 0.5) is 11.4 Å². The number of nitrogens with zero attached hydrogens (tertiary/aromatic N) is 3. The summed E-state index contributed by atoms with van der Waals surface area (Å²) in [6.45, 7) is 18.8. The molecule has 1 aromatic heterocycles. The van der Waals surface area contributed by atoms with Crippen molar-refractivity contribution in [3.8, 4) is 11.1 Å². The average Bonchev–Trinajstić information content (AvgIpc) is 3.15. The molecule has 0 spiro atoms. The van der Waals surface area contributed by atoms with Gasteiger partial charge in [0.15, 0.2) is 5.69 Å². The number of nitrogens with one attached hydrogen (secondary N) is 1. The third kappa shape index (κ3) is 5.43. The van der Waals surface area contributed by atoms with Gasteiger partial charge in [-0.3, -0.25) is 0 Å². The second kappa shape index (κ2) is 11.0. The van der Waals surface area contributed by atoms with E-state index in [1.54, 1.807) is 24.6 Å². The molecule has 0 aliphatic carbocycles. The van der Waals surface area contributed by atoms with E-state index in [-0.39, 0.29) is 23.7 Å². The third-order valence-corrected chi connectivity index (χ3v) is 7.07. The molecule has 1 N–H and O–H groups in total. The van der Waals surface area contributed by atoms with Crippen LogP contribution in [0, 0.1) is 13.1 Å². The summed E-state index contributed by atoms with van der Waals surface area (Å²) >= 11 is 0. The van der Waals surface area contributed by atoms with Crippen molar-refractivity contribution in [2.75, 3.05) is 13.2 Å². The molecule has 0 bridgehead atoms. The van der Waals surface area contributed by atoms with Crippen LogP contribution in [-0.2, 0) is 34.6 Å². The van der Waals surface area contributed by atoms with Gasteiger partial charge in [-0.05, 0) is 43.0 Å². The summed E-state index contributed by atoms with van der Waals surface area (Å²) in [7, 11) is -1.97. The Hall–Kier alpha value is -3.92. The predicted octanol–water partition coefficient (Wildman–Crippen LogP) is 5.05. The fourth-order valence-electron chi connectivity index (χ4n) is 3.93. The van der Waals surface area contributed by atoms with E-state index in [9.17, 15) is 13.2 Å². The van der Waals surface area contributed by atoms with Gasteiger partial charge in [0.05, 0.1) is 24.6 Å². The summed E-state index contributed by atoms with van der Waals surface area (Å²) in [6, 6.07) is 13.2. The van der Waals surface area contributed by atoms with Crippen molar-refractivity contribution in [2.45, 2.75) is 31.6 Å². The third-order valence-electron chi connectivity index (χ3n) is 5.61. The van der Waals surface area contributed by atoms with Gasteiger partial charge < -0.3 is 9.30 Å². The van der Waals surface area contributed by atoms with Crippen LogP contribution < -0.4 is 4.72 Å². The Balaban J connectivity index is 1.81. The van der Waals surface area contributed by atoms with Crippen LogP contribution >= 0.6 is 0 Å². The fourth-order valence-corrected chi connectivity index (χ4v) is 5.00. The van der Waals surface area contributed by atoms with Crippen molar-refractivity contribution in [1.29, 1.82) is 0 Å². The first-order chi connectivity index (χ1) is 16.8. The molecule has 180 valence electrons. The minimum Gasteiger partial charge on any atom is -0.461 e. The Kier molecular flexibility index (Phi) is 8.08. The maximum Gasteiger partial charge on any atom is 0.354 e. The Morgan fingerprint density at radius 2 is 1.80 bits per heavy atom. The van der Waals surface area contributed by atoms with E-state index in [4.69, 9.17) is 17.9 Å². The summed E-state index contributed by atoms with van der Waals surface area (Å²) in [5.74, 6) is -0.477. The molecule has 1 heterocycles. The highest BCUT2D eigenvalue weighted by Gasteiger charge is 2.26. The molecule has 9 heteroatoms. The first kappa shape index (κ1) is 25.7. The molecule has 0 atom stereocenters. The molecule has 8 nitrogen and oxygen atoms in total. The zero-order valence-electron chi connectivity index (χ0n) is 19.8. The van der Waals surface area contributed by atoms with Crippen LogP contribution in [0.15, 0.2) is 53.4 Å². The molecule has 35 heavy (non-hydrogen) atoms. The van der Waals surface area contributed by atoms with Gasteiger partial charge in [-0.15, -0.1) is 0 Å². The summed E-state index contributed by atoms with van der Waals surface area (Å²) in [5.41, 5.74) is 3.95. The number of aromatic nitrogens is 1. The number of hydrogen-bond acceptors (Lipinski definition) is 4. The van der Waals surface area contributed by atoms with E-state index in [0.29, 0.717) is 29.8 Å². The van der Waals surface area contributed by atoms with Gasteiger partial charge in [0.2, 0.25) is 15.7 Å². The van der Waals surface area contributed by atoms with E-state index in [0.717, 1.165) is 16.8 Å². The van der Waals surface area contributed by atoms with Gasteiger partial charge in [0.1, 0.15) is 5.69 Å². The number of esters is 1. The second-order valence-electron chi connectivity index (χ2n) is 7.72. The molecule has 0 aliphatic rings. The normalized spacial score (nSPS) is 11.0. The maximum absolute atomic E-state index is 12.7. The summed E-state index contributed by atoms with van der Waals surface area (Å²) in [6.07, 6.45) is 1.04. The quantitative estimate of drug-likeness (QED) is 0.336. The van der Waals surface area contributed by atoms with E-state index in [1.807, 2.05) is 31.2 Å². The monoisotopic (exact) mass is 490 g/mol. The van der Waals surface area contributed by atoms with E-state index < -0.39 is 16.0 Å². The first-order valence-electron chi connectivity index (χ1n) is 11.1. The Morgan fingerprint density at radius 1 is 1.09 bits per heavy atom. The Labute approximate surface area is 205 Å². The number of hydrogen-bond donors (Lipinski definition) is 1. The van der Waals surface area contributed by atoms with Crippen LogP contribution in [0.1, 0.15) is 35.6 Å². The van der Waals surface area contributed by atoms with Gasteiger partial charge >= 0.3 is 5.97 Å². The van der Waals surface area contributed by atoms with Crippen molar-refractivity contribution in [1.82, 2.24) is 9.29 Å². The lowest BCUT2D eigenvalue weighted by molar-refractivity contribution is 0.0516. The number of carbonyl (C=O) groups excluding carboxylic acids is 1. The minimum absolute atomic E-state index is 0.0512. The zero-order valence-corrected chi connectivity index (χ0v) is 20.6. The summed E-state index contributed by atoms with van der Waals surface area (Å²) in [4.78, 5) is 19.7. The van der Waals surface area contributed by atoms with Gasteiger partial charge in [0.25, 0.3) is 0 Å². The number of sulfonamides is 1. The van der Waals surface area contributed by atoms with Crippen molar-refractivity contribution < 1.29 is 17.9 Å². The van der Waals surface area contributed by atoms with Gasteiger partial charge in [-0.25, -0.2) is 27.6 Å². The minimum atomic E-state index is -3.73. The number of carbonyl (C=O) groups is 1. The maximum atomic E-state index is 12.7. The molecular formula is C26H26N4O4S. The molecule has 0 fully saturated rings. The number of rotatable bonds is 9. The standard InChI is InChI=1S/C26H26N4O4S/c1-6-22-24(28-4)23(25(30(22)5)26(31)34-7-2)19-13-11-18(12-14-19)15-16-29-35(32,33)21-10-8-9-20(17-21)27-3/h8-14,17,29H,6-7,15-16H2,1-2,5H3. The van der Waals surface area contributed by atoms with Crippen LogP contribution in [-0.4, -0.2) is 32.1 Å². The predicted molar refractivity (Wildman–Crippen MR) is 134 cm³/mol. The van der Waals surface area contributed by atoms with Gasteiger partial charge in [0, 0.05) is 24.8 Å². The first-order valence-corrected chi connectivity index (χ1v) is 12.6. The average molecular weight is 491 g/mol. The van der Waals surface area contributed by atoms with Gasteiger partial charge in [-0.1, -0.05) is 43.3 Å². The molecule has 2 aromatic carbocycles. The highest BCUT2D eigenvalue weighted by molar-refractivity contribution is 7.89. The van der Waals surface area contributed by atoms with Crippen LogP contribution in [0.2, 0.25) is 0 Å². The smallest absolute Gasteiger partial charge is 0.354 e. The molecule has 0 aliphatic heterocycles. The lowest BCUT2D eigenvalue weighted by atomic mass is 10.0. The second-order valence-corrected chi connectivity index (χ2v) is 9.48. The van der Waals surface area contributed by atoms with Crippen molar-refractivity contribution in [3.63, 3.8) is 0 Å². The van der Waals surface area contributed by atoms with Crippen molar-refractivity contribution in [3.05, 3.63) is 88.3 Å². The lowest BCUT2D eigenvalue weighted by Gasteiger charge is -2.10. The van der Waals surface area contributed by atoms with E-state index >= 15 is 0 Å². The lowest BCUT2D eigenvalue weighted by Crippen LogP contribution is -2.25. The van der Waals surface area contributed by atoms with Crippen LogP contribution in [0.3, 0.4) is 0 Å². The van der Waals surface area contributed by atoms with Gasteiger partial charge in [-0.2, -0.15) is 0 Å². The molecule has 0 amide bonds. The zero-order chi connectivity index (χ0) is 25.6. The van der Waals surface area contributed by atoms with Crippen LogP contribution in [0.25, 0.3) is 20.8 Å². The SMILES string of the molecule is [C-]#[N+]c1cccc(S(=O)(=O)NCCc2ccc(-c3c([N+]#[C-])c(CC)n(C)c3C(=O)OCC)cc2)c1. The topological polar surface area (TPSA) is 86.1 Å². The van der Waals surface area contributed by atoms with E-state index in [1.165, 1.54) is 18.2 Å². The summed E-state index contributed by atoms with van der Waals surface area (Å²) < 4.78 is 34.6. The largest absolute Gasteiger partial charge is 0.461 e. The molecule has 0 unspecified atom stereocenters.